The van der Waals surface area contributed by atoms with Crippen LogP contribution in [0.4, 0.5) is 0 Å². The molecule has 0 bridgehead atoms. The van der Waals surface area contributed by atoms with E-state index in [1.807, 2.05) is 18.2 Å². The highest BCUT2D eigenvalue weighted by atomic mass is 35.5. The van der Waals surface area contributed by atoms with Crippen LogP contribution < -0.4 is 5.73 Å². The summed E-state index contributed by atoms with van der Waals surface area (Å²) in [6.45, 7) is 0. The summed E-state index contributed by atoms with van der Waals surface area (Å²) in [6.07, 6.45) is 7.84. The number of hydrogen-bond acceptors (Lipinski definition) is 1. The van der Waals surface area contributed by atoms with Crippen LogP contribution in [0.5, 0.6) is 0 Å². The molecule has 0 unspecified atom stereocenters. The van der Waals surface area contributed by atoms with Crippen molar-refractivity contribution in [3.8, 4) is 0 Å². The Morgan fingerprint density at radius 1 is 1.21 bits per heavy atom. The molecule has 1 nitrogen and oxygen atoms in total. The minimum atomic E-state index is 0.701. The van der Waals surface area contributed by atoms with Crippen molar-refractivity contribution in [1.82, 2.24) is 0 Å². The van der Waals surface area contributed by atoms with Gasteiger partial charge in [-0.25, -0.2) is 0 Å². The molecule has 1 aromatic carbocycles. The van der Waals surface area contributed by atoms with Gasteiger partial charge in [-0.1, -0.05) is 35.4 Å². The molecule has 0 aliphatic carbocycles. The molecule has 0 atom stereocenters. The van der Waals surface area contributed by atoms with Crippen molar-refractivity contribution in [3.05, 3.63) is 58.2 Å². The third-order valence-corrected chi connectivity index (χ3v) is 2.31. The van der Waals surface area contributed by atoms with E-state index in [4.69, 9.17) is 28.9 Å². The van der Waals surface area contributed by atoms with Gasteiger partial charge in [0.05, 0.1) is 0 Å². The lowest BCUT2D eigenvalue weighted by Crippen LogP contribution is -1.82. The molecule has 0 saturated carbocycles. The van der Waals surface area contributed by atoms with Crippen molar-refractivity contribution < 1.29 is 0 Å². The van der Waals surface area contributed by atoms with Crippen LogP contribution >= 0.6 is 23.2 Å². The van der Waals surface area contributed by atoms with Crippen LogP contribution in [-0.2, 0) is 6.42 Å². The highest BCUT2D eigenvalue weighted by Gasteiger charge is 1.98. The molecule has 3 heteroatoms. The molecular formula is C11H11Cl2N. The molecule has 1 rings (SSSR count). The second-order valence-electron chi connectivity index (χ2n) is 2.75. The zero-order chi connectivity index (χ0) is 10.4. The Bertz CT molecular complexity index is 356. The van der Waals surface area contributed by atoms with Gasteiger partial charge < -0.3 is 5.73 Å². The maximum atomic E-state index is 5.97. The van der Waals surface area contributed by atoms with Crippen molar-refractivity contribution in [2.75, 3.05) is 0 Å². The number of rotatable bonds is 3. The van der Waals surface area contributed by atoms with Gasteiger partial charge in [0.1, 0.15) is 0 Å². The average molecular weight is 228 g/mol. The largest absolute Gasteiger partial charge is 0.405 e. The summed E-state index contributed by atoms with van der Waals surface area (Å²) in [6, 6.07) is 5.43. The molecule has 0 heterocycles. The van der Waals surface area contributed by atoms with Crippen molar-refractivity contribution in [2.24, 2.45) is 5.73 Å². The number of hydrogen-bond donors (Lipinski definition) is 1. The maximum absolute atomic E-state index is 5.97. The first-order valence-corrected chi connectivity index (χ1v) is 4.97. The Hall–Kier alpha value is -0.920. The molecule has 0 spiro atoms. The molecule has 1 aromatic rings. The zero-order valence-electron chi connectivity index (χ0n) is 7.58. The number of nitrogens with two attached hydrogens (primary N) is 1. The Morgan fingerprint density at radius 3 is 2.71 bits per heavy atom. The lowest BCUT2D eigenvalue weighted by Gasteiger charge is -2.00. The van der Waals surface area contributed by atoms with Crippen molar-refractivity contribution in [1.29, 1.82) is 0 Å². The topological polar surface area (TPSA) is 26.0 Å². The Balaban J connectivity index is 2.71. The lowest BCUT2D eigenvalue weighted by atomic mass is 10.1. The highest BCUT2D eigenvalue weighted by Crippen LogP contribution is 2.21. The fourth-order valence-corrected chi connectivity index (χ4v) is 1.43. The van der Waals surface area contributed by atoms with Crippen LogP contribution in [0.25, 0.3) is 0 Å². The molecule has 0 aromatic heterocycles. The Morgan fingerprint density at radius 2 is 2.00 bits per heavy atom. The summed E-state index contributed by atoms with van der Waals surface area (Å²) in [5, 5.41) is 1.43. The third-order valence-electron chi connectivity index (χ3n) is 1.70. The summed E-state index contributed by atoms with van der Waals surface area (Å²) in [4.78, 5) is 0. The summed E-state index contributed by atoms with van der Waals surface area (Å²) < 4.78 is 0. The van der Waals surface area contributed by atoms with Crippen LogP contribution in [-0.4, -0.2) is 0 Å². The Labute approximate surface area is 93.8 Å². The molecule has 2 N–H and O–H groups in total. The van der Waals surface area contributed by atoms with Crippen molar-refractivity contribution >= 4 is 23.2 Å². The van der Waals surface area contributed by atoms with E-state index in [1.54, 1.807) is 18.2 Å². The molecular weight excluding hydrogens is 217 g/mol. The first-order valence-electron chi connectivity index (χ1n) is 4.21. The molecule has 74 valence electrons. The number of benzene rings is 1. The fourth-order valence-electron chi connectivity index (χ4n) is 1.04. The molecule has 0 aliphatic rings. The Kier molecular flexibility index (Phi) is 4.57. The fraction of sp³-hybridized carbons (Fsp3) is 0.0909. The predicted octanol–water partition coefficient (Wildman–Crippen LogP) is 3.56. The lowest BCUT2D eigenvalue weighted by molar-refractivity contribution is 1.27. The third kappa shape index (κ3) is 3.44. The summed E-state index contributed by atoms with van der Waals surface area (Å²) in [7, 11) is 0. The van der Waals surface area contributed by atoms with E-state index in [1.165, 1.54) is 6.20 Å². The SMILES string of the molecule is N/C=C\C=C/Cc1cc(Cl)ccc1Cl. The minimum Gasteiger partial charge on any atom is -0.405 e. The maximum Gasteiger partial charge on any atom is 0.0442 e. The van der Waals surface area contributed by atoms with E-state index in [0.717, 1.165) is 17.0 Å². The van der Waals surface area contributed by atoms with Gasteiger partial charge in [-0.15, -0.1) is 0 Å². The van der Waals surface area contributed by atoms with Crippen LogP contribution in [0.2, 0.25) is 10.0 Å². The van der Waals surface area contributed by atoms with E-state index < -0.39 is 0 Å². The van der Waals surface area contributed by atoms with Gasteiger partial charge in [0.15, 0.2) is 0 Å². The molecule has 0 saturated heterocycles. The van der Waals surface area contributed by atoms with Crippen LogP contribution in [0.3, 0.4) is 0 Å². The van der Waals surface area contributed by atoms with Crippen LogP contribution in [0.1, 0.15) is 5.56 Å². The second-order valence-corrected chi connectivity index (χ2v) is 3.60. The first kappa shape index (κ1) is 11.2. The summed E-state index contributed by atoms with van der Waals surface area (Å²) in [5.74, 6) is 0. The van der Waals surface area contributed by atoms with Crippen LogP contribution in [0.15, 0.2) is 42.6 Å². The minimum absolute atomic E-state index is 0.701. The van der Waals surface area contributed by atoms with E-state index in [0.29, 0.717) is 5.02 Å². The quantitative estimate of drug-likeness (QED) is 0.786. The number of halogens is 2. The van der Waals surface area contributed by atoms with Gasteiger partial charge in [0.25, 0.3) is 0 Å². The van der Waals surface area contributed by atoms with E-state index in [2.05, 4.69) is 0 Å². The molecule has 0 aliphatic heterocycles. The van der Waals surface area contributed by atoms with Gasteiger partial charge in [-0.3, -0.25) is 0 Å². The van der Waals surface area contributed by atoms with Gasteiger partial charge in [0.2, 0.25) is 0 Å². The normalized spacial score (nSPS) is 11.6. The van der Waals surface area contributed by atoms with E-state index in [-0.39, 0.29) is 0 Å². The molecule has 0 radical (unpaired) electrons. The van der Waals surface area contributed by atoms with E-state index in [9.17, 15) is 0 Å². The van der Waals surface area contributed by atoms with Crippen molar-refractivity contribution in [2.45, 2.75) is 6.42 Å². The molecule has 0 fully saturated rings. The monoisotopic (exact) mass is 227 g/mol. The standard InChI is InChI=1S/C11H11Cl2N/c12-10-5-6-11(13)9(8-10)4-2-1-3-7-14/h1-3,5-8H,4,14H2/b2-1-,7-3-. The summed E-state index contributed by atoms with van der Waals surface area (Å²) in [5.41, 5.74) is 6.20. The first-order chi connectivity index (χ1) is 6.74. The summed E-state index contributed by atoms with van der Waals surface area (Å²) >= 11 is 11.8. The van der Waals surface area contributed by atoms with Gasteiger partial charge in [-0.05, 0) is 42.5 Å². The predicted molar refractivity (Wildman–Crippen MR) is 62.6 cm³/mol. The van der Waals surface area contributed by atoms with Gasteiger partial charge in [-0.2, -0.15) is 0 Å². The van der Waals surface area contributed by atoms with Crippen LogP contribution in [0, 0.1) is 0 Å². The second kappa shape index (κ2) is 5.74. The molecule has 14 heavy (non-hydrogen) atoms. The van der Waals surface area contributed by atoms with Gasteiger partial charge in [0, 0.05) is 10.0 Å². The highest BCUT2D eigenvalue weighted by molar-refractivity contribution is 6.33. The molecule has 0 amide bonds. The van der Waals surface area contributed by atoms with E-state index >= 15 is 0 Å². The smallest absolute Gasteiger partial charge is 0.0442 e. The average Bonchev–Trinajstić information content (AvgIpc) is 2.18. The van der Waals surface area contributed by atoms with Gasteiger partial charge >= 0.3 is 0 Å². The zero-order valence-corrected chi connectivity index (χ0v) is 9.09. The number of allylic oxidation sites excluding steroid dienone is 3. The van der Waals surface area contributed by atoms with Crippen molar-refractivity contribution in [3.63, 3.8) is 0 Å².